The molecule has 1 atom stereocenters. The van der Waals surface area contributed by atoms with Gasteiger partial charge >= 0.3 is 0 Å². The summed E-state index contributed by atoms with van der Waals surface area (Å²) < 4.78 is 18.7. The van der Waals surface area contributed by atoms with Gasteiger partial charge in [0.05, 0.1) is 6.61 Å². The van der Waals surface area contributed by atoms with Crippen LogP contribution in [0.1, 0.15) is 12.8 Å². The van der Waals surface area contributed by atoms with E-state index in [2.05, 4.69) is 5.32 Å². The first kappa shape index (κ1) is 10.4. The lowest BCUT2D eigenvalue weighted by Crippen LogP contribution is -2.33. The first-order valence-electron chi connectivity index (χ1n) is 5.44. The summed E-state index contributed by atoms with van der Waals surface area (Å²) in [5, 5.41) is 3.31. The number of benzene rings is 1. The van der Waals surface area contributed by atoms with Gasteiger partial charge in [0.15, 0.2) is 11.6 Å². The Bertz CT molecular complexity index is 310. The average Bonchev–Trinajstić information content (AvgIpc) is 2.29. The quantitative estimate of drug-likeness (QED) is 0.824. The number of ether oxygens (including phenoxy) is 1. The molecule has 0 radical (unpaired) electrons. The fourth-order valence-electron chi connectivity index (χ4n) is 1.84. The first-order valence-corrected chi connectivity index (χ1v) is 5.44. The van der Waals surface area contributed by atoms with E-state index >= 15 is 0 Å². The molecule has 1 heterocycles. The summed E-state index contributed by atoms with van der Waals surface area (Å²) in [4.78, 5) is 0. The molecule has 1 fully saturated rings. The van der Waals surface area contributed by atoms with E-state index in [1.807, 2.05) is 0 Å². The summed E-state index contributed by atoms with van der Waals surface area (Å²) in [6.45, 7) is 2.68. The second-order valence-corrected chi connectivity index (χ2v) is 3.95. The SMILES string of the molecule is Fc1ccccc1OCC1CCCNC1. The smallest absolute Gasteiger partial charge is 0.165 e. The highest BCUT2D eigenvalue weighted by Gasteiger charge is 2.14. The Morgan fingerprint density at radius 2 is 2.27 bits per heavy atom. The number of hydrogen-bond donors (Lipinski definition) is 1. The Labute approximate surface area is 89.4 Å². The molecule has 1 saturated heterocycles. The highest BCUT2D eigenvalue weighted by molar-refractivity contribution is 5.23. The summed E-state index contributed by atoms with van der Waals surface area (Å²) in [6.07, 6.45) is 2.35. The maximum absolute atomic E-state index is 13.2. The molecular weight excluding hydrogens is 193 g/mol. The van der Waals surface area contributed by atoms with E-state index in [1.165, 1.54) is 18.9 Å². The van der Waals surface area contributed by atoms with Crippen molar-refractivity contribution in [2.24, 2.45) is 5.92 Å². The zero-order valence-corrected chi connectivity index (χ0v) is 8.71. The highest BCUT2D eigenvalue weighted by atomic mass is 19.1. The molecule has 1 aliphatic rings. The van der Waals surface area contributed by atoms with E-state index in [1.54, 1.807) is 18.2 Å². The Hall–Kier alpha value is -1.09. The summed E-state index contributed by atoms with van der Waals surface area (Å²) in [5.74, 6) is 0.600. The van der Waals surface area contributed by atoms with Gasteiger partial charge in [0.25, 0.3) is 0 Å². The van der Waals surface area contributed by atoms with E-state index in [0.29, 0.717) is 18.3 Å². The lowest BCUT2D eigenvalue weighted by atomic mass is 10.0. The molecule has 0 amide bonds. The number of rotatable bonds is 3. The van der Waals surface area contributed by atoms with Crippen molar-refractivity contribution < 1.29 is 9.13 Å². The molecule has 0 aromatic heterocycles. The number of piperidine rings is 1. The fraction of sp³-hybridized carbons (Fsp3) is 0.500. The summed E-state index contributed by atoms with van der Waals surface area (Å²) in [6, 6.07) is 6.56. The second-order valence-electron chi connectivity index (χ2n) is 3.95. The molecule has 3 heteroatoms. The minimum atomic E-state index is -0.277. The molecule has 0 aliphatic carbocycles. The largest absolute Gasteiger partial charge is 0.490 e. The molecule has 15 heavy (non-hydrogen) atoms. The van der Waals surface area contributed by atoms with Gasteiger partial charge in [-0.1, -0.05) is 12.1 Å². The molecule has 0 bridgehead atoms. The molecular formula is C12H16FNO. The minimum absolute atomic E-state index is 0.277. The van der Waals surface area contributed by atoms with E-state index in [0.717, 1.165) is 13.1 Å². The van der Waals surface area contributed by atoms with Crippen LogP contribution in [0.4, 0.5) is 4.39 Å². The van der Waals surface area contributed by atoms with Crippen LogP contribution in [-0.2, 0) is 0 Å². The fourth-order valence-corrected chi connectivity index (χ4v) is 1.84. The van der Waals surface area contributed by atoms with Gasteiger partial charge in [0, 0.05) is 12.5 Å². The third-order valence-corrected chi connectivity index (χ3v) is 2.71. The van der Waals surface area contributed by atoms with Gasteiger partial charge in [-0.2, -0.15) is 0 Å². The van der Waals surface area contributed by atoms with Gasteiger partial charge in [-0.05, 0) is 31.5 Å². The van der Waals surface area contributed by atoms with Crippen molar-refractivity contribution in [3.05, 3.63) is 30.1 Å². The molecule has 1 N–H and O–H groups in total. The van der Waals surface area contributed by atoms with Crippen LogP contribution in [0.5, 0.6) is 5.75 Å². The van der Waals surface area contributed by atoms with Crippen molar-refractivity contribution in [1.82, 2.24) is 5.32 Å². The van der Waals surface area contributed by atoms with Crippen LogP contribution in [0, 0.1) is 11.7 Å². The highest BCUT2D eigenvalue weighted by Crippen LogP contribution is 2.18. The molecule has 2 nitrogen and oxygen atoms in total. The minimum Gasteiger partial charge on any atom is -0.490 e. The Balaban J connectivity index is 1.84. The monoisotopic (exact) mass is 209 g/mol. The van der Waals surface area contributed by atoms with Crippen molar-refractivity contribution in [2.75, 3.05) is 19.7 Å². The predicted molar refractivity (Wildman–Crippen MR) is 57.5 cm³/mol. The molecule has 1 aromatic carbocycles. The van der Waals surface area contributed by atoms with Gasteiger partial charge < -0.3 is 10.1 Å². The van der Waals surface area contributed by atoms with Crippen molar-refractivity contribution in [3.63, 3.8) is 0 Å². The van der Waals surface area contributed by atoms with E-state index in [9.17, 15) is 4.39 Å². The van der Waals surface area contributed by atoms with Crippen molar-refractivity contribution >= 4 is 0 Å². The lowest BCUT2D eigenvalue weighted by Gasteiger charge is -2.22. The van der Waals surface area contributed by atoms with E-state index in [4.69, 9.17) is 4.74 Å². The maximum Gasteiger partial charge on any atom is 0.165 e. The zero-order chi connectivity index (χ0) is 10.5. The maximum atomic E-state index is 13.2. The van der Waals surface area contributed by atoms with Gasteiger partial charge in [-0.25, -0.2) is 4.39 Å². The summed E-state index contributed by atoms with van der Waals surface area (Å²) in [7, 11) is 0. The van der Waals surface area contributed by atoms with Crippen LogP contribution < -0.4 is 10.1 Å². The lowest BCUT2D eigenvalue weighted by molar-refractivity contribution is 0.211. The van der Waals surface area contributed by atoms with E-state index in [-0.39, 0.29) is 5.82 Å². The number of nitrogens with one attached hydrogen (secondary N) is 1. The molecule has 2 rings (SSSR count). The van der Waals surface area contributed by atoms with Crippen LogP contribution >= 0.6 is 0 Å². The van der Waals surface area contributed by atoms with Gasteiger partial charge in [-0.15, -0.1) is 0 Å². The van der Waals surface area contributed by atoms with Crippen molar-refractivity contribution in [1.29, 1.82) is 0 Å². The molecule has 1 aliphatic heterocycles. The van der Waals surface area contributed by atoms with Crippen LogP contribution in [-0.4, -0.2) is 19.7 Å². The van der Waals surface area contributed by atoms with Crippen LogP contribution in [0.25, 0.3) is 0 Å². The number of para-hydroxylation sites is 1. The second kappa shape index (κ2) is 5.12. The van der Waals surface area contributed by atoms with Crippen molar-refractivity contribution in [2.45, 2.75) is 12.8 Å². The first-order chi connectivity index (χ1) is 7.36. The standard InChI is InChI=1S/C12H16FNO/c13-11-5-1-2-6-12(11)15-9-10-4-3-7-14-8-10/h1-2,5-6,10,14H,3-4,7-9H2. The topological polar surface area (TPSA) is 21.3 Å². The molecule has 1 unspecified atom stereocenters. The van der Waals surface area contributed by atoms with E-state index < -0.39 is 0 Å². The van der Waals surface area contributed by atoms with Crippen LogP contribution in [0.15, 0.2) is 24.3 Å². The molecule has 0 spiro atoms. The van der Waals surface area contributed by atoms with Crippen LogP contribution in [0.3, 0.4) is 0 Å². The van der Waals surface area contributed by atoms with Crippen LogP contribution in [0.2, 0.25) is 0 Å². The summed E-state index contributed by atoms with van der Waals surface area (Å²) >= 11 is 0. The number of hydrogen-bond acceptors (Lipinski definition) is 2. The molecule has 82 valence electrons. The zero-order valence-electron chi connectivity index (χ0n) is 8.71. The normalized spacial score (nSPS) is 21.3. The Morgan fingerprint density at radius 3 is 3.00 bits per heavy atom. The van der Waals surface area contributed by atoms with Gasteiger partial charge in [-0.3, -0.25) is 0 Å². The third kappa shape index (κ3) is 2.93. The molecule has 1 aromatic rings. The number of halogens is 1. The Kier molecular flexibility index (Phi) is 3.56. The third-order valence-electron chi connectivity index (χ3n) is 2.71. The summed E-state index contributed by atoms with van der Waals surface area (Å²) in [5.41, 5.74) is 0. The van der Waals surface area contributed by atoms with Crippen molar-refractivity contribution in [3.8, 4) is 5.75 Å². The predicted octanol–water partition coefficient (Wildman–Crippen LogP) is 2.20. The average molecular weight is 209 g/mol. The molecule has 0 saturated carbocycles. The van der Waals surface area contributed by atoms with Gasteiger partial charge in [0.2, 0.25) is 0 Å². The van der Waals surface area contributed by atoms with Gasteiger partial charge in [0.1, 0.15) is 0 Å². The Morgan fingerprint density at radius 1 is 1.40 bits per heavy atom.